The van der Waals surface area contributed by atoms with E-state index >= 15 is 0 Å². The van der Waals surface area contributed by atoms with Gasteiger partial charge in [0.25, 0.3) is 11.8 Å². The minimum absolute atomic E-state index is 0.0179. The van der Waals surface area contributed by atoms with E-state index in [0.717, 1.165) is 30.4 Å². The van der Waals surface area contributed by atoms with Crippen molar-refractivity contribution in [3.05, 3.63) is 89.8 Å². The van der Waals surface area contributed by atoms with E-state index in [0.29, 0.717) is 0 Å². The lowest BCUT2D eigenvalue weighted by Crippen LogP contribution is -2.18. The van der Waals surface area contributed by atoms with Gasteiger partial charge >= 0.3 is 6.36 Å². The molecule has 34 heavy (non-hydrogen) atoms. The summed E-state index contributed by atoms with van der Waals surface area (Å²) >= 11 is 0. The molecule has 7 nitrogen and oxygen atoms in total. The Labute approximate surface area is 190 Å². The van der Waals surface area contributed by atoms with Crippen LogP contribution in [0.25, 0.3) is 6.08 Å². The summed E-state index contributed by atoms with van der Waals surface area (Å²) in [5, 5.41) is 11.2. The molecule has 0 spiro atoms. The van der Waals surface area contributed by atoms with Gasteiger partial charge in [0, 0.05) is 17.3 Å². The predicted molar refractivity (Wildman–Crippen MR) is 113 cm³/mol. The number of anilines is 1. The van der Waals surface area contributed by atoms with Crippen LogP contribution in [0.15, 0.2) is 72.8 Å². The highest BCUT2D eigenvalue weighted by molar-refractivity contribution is 6.07. The first-order valence-electron chi connectivity index (χ1n) is 9.50. The number of carbonyl (C=O) groups is 2. The van der Waals surface area contributed by atoms with Gasteiger partial charge in [0.1, 0.15) is 23.1 Å². The molecule has 0 aliphatic heterocycles. The number of hydroxylamine groups is 1. The van der Waals surface area contributed by atoms with E-state index in [1.165, 1.54) is 41.9 Å². The Morgan fingerprint density at radius 3 is 2.29 bits per heavy atom. The standard InChI is InChI=1S/C23H16F4N2O5/c24-15-6-8-16(9-7-15)33-20-4-2-1-3-18(20)22(31)28-19-11-10-17(34-23(25,26)27)13-14(19)5-12-21(30)29-32/h1-13,32H,(H,28,31)(H,29,30)/b12-5+. The fraction of sp³-hybridized carbons (Fsp3) is 0.0435. The van der Waals surface area contributed by atoms with Crippen molar-refractivity contribution in [1.29, 1.82) is 0 Å². The maximum absolute atomic E-state index is 13.1. The number of hydrogen-bond acceptors (Lipinski definition) is 5. The van der Waals surface area contributed by atoms with Crippen molar-refractivity contribution >= 4 is 23.6 Å². The fourth-order valence-electron chi connectivity index (χ4n) is 2.75. The van der Waals surface area contributed by atoms with Gasteiger partial charge in [-0.15, -0.1) is 13.2 Å². The topological polar surface area (TPSA) is 96.9 Å². The number of amides is 2. The lowest BCUT2D eigenvalue weighted by atomic mass is 10.1. The molecule has 0 fully saturated rings. The van der Waals surface area contributed by atoms with E-state index in [1.807, 2.05) is 0 Å². The van der Waals surface area contributed by atoms with Crippen LogP contribution < -0.4 is 20.3 Å². The van der Waals surface area contributed by atoms with Gasteiger partial charge in [-0.25, -0.2) is 9.87 Å². The third-order valence-corrected chi connectivity index (χ3v) is 4.20. The maximum Gasteiger partial charge on any atom is 0.573 e. The molecule has 3 aromatic carbocycles. The summed E-state index contributed by atoms with van der Waals surface area (Å²) in [4.78, 5) is 24.2. The molecule has 0 bridgehead atoms. The largest absolute Gasteiger partial charge is 0.573 e. The summed E-state index contributed by atoms with van der Waals surface area (Å²) in [6.07, 6.45) is -3.04. The Bertz CT molecular complexity index is 1210. The molecule has 0 radical (unpaired) electrons. The molecule has 11 heteroatoms. The Morgan fingerprint density at radius 2 is 1.62 bits per heavy atom. The zero-order valence-corrected chi connectivity index (χ0v) is 17.1. The van der Waals surface area contributed by atoms with Crippen molar-refractivity contribution in [2.24, 2.45) is 0 Å². The maximum atomic E-state index is 13.1. The average Bonchev–Trinajstić information content (AvgIpc) is 2.79. The Morgan fingerprint density at radius 1 is 0.941 bits per heavy atom. The molecular weight excluding hydrogens is 460 g/mol. The van der Waals surface area contributed by atoms with Gasteiger partial charge in [0.2, 0.25) is 0 Å². The van der Waals surface area contributed by atoms with Crippen LogP contribution in [0.3, 0.4) is 0 Å². The third-order valence-electron chi connectivity index (χ3n) is 4.20. The van der Waals surface area contributed by atoms with Crippen molar-refractivity contribution in [1.82, 2.24) is 5.48 Å². The summed E-state index contributed by atoms with van der Waals surface area (Å²) in [7, 11) is 0. The molecule has 0 saturated carbocycles. The highest BCUT2D eigenvalue weighted by Gasteiger charge is 2.31. The number of benzene rings is 3. The molecule has 0 saturated heterocycles. The molecule has 3 N–H and O–H groups in total. The zero-order valence-electron chi connectivity index (χ0n) is 17.1. The molecule has 0 aliphatic carbocycles. The molecule has 0 heterocycles. The van der Waals surface area contributed by atoms with Crippen LogP contribution >= 0.6 is 0 Å². The van der Waals surface area contributed by atoms with Gasteiger partial charge in [-0.2, -0.15) is 0 Å². The Balaban J connectivity index is 1.89. The summed E-state index contributed by atoms with van der Waals surface area (Å²) in [6, 6.07) is 14.3. The van der Waals surface area contributed by atoms with Gasteiger partial charge in [-0.05, 0) is 60.7 Å². The quantitative estimate of drug-likeness (QED) is 0.186. The summed E-state index contributed by atoms with van der Waals surface area (Å²) < 4.78 is 60.4. The molecule has 0 aliphatic rings. The van der Waals surface area contributed by atoms with E-state index < -0.39 is 29.7 Å². The van der Waals surface area contributed by atoms with Crippen molar-refractivity contribution in [2.45, 2.75) is 6.36 Å². The number of carbonyl (C=O) groups excluding carboxylic acids is 2. The van der Waals surface area contributed by atoms with Crippen molar-refractivity contribution in [2.75, 3.05) is 5.32 Å². The SMILES string of the molecule is O=C(/C=C/c1cc(OC(F)(F)F)ccc1NC(=O)c1ccccc1Oc1ccc(F)cc1)NO. The number of halogens is 4. The van der Waals surface area contributed by atoms with Gasteiger partial charge in [0.15, 0.2) is 0 Å². The van der Waals surface area contributed by atoms with Crippen LogP contribution in [0, 0.1) is 5.82 Å². The number of ether oxygens (including phenoxy) is 2. The molecule has 176 valence electrons. The monoisotopic (exact) mass is 476 g/mol. The lowest BCUT2D eigenvalue weighted by Gasteiger charge is -2.14. The second kappa shape index (κ2) is 10.5. The van der Waals surface area contributed by atoms with Crippen LogP contribution in [0.1, 0.15) is 15.9 Å². The number of rotatable bonds is 7. The average molecular weight is 476 g/mol. The first-order chi connectivity index (χ1) is 16.1. The lowest BCUT2D eigenvalue weighted by molar-refractivity contribution is -0.274. The van der Waals surface area contributed by atoms with E-state index in [9.17, 15) is 27.2 Å². The van der Waals surface area contributed by atoms with Crippen LogP contribution in [0.5, 0.6) is 17.2 Å². The normalized spacial score (nSPS) is 11.2. The first kappa shape index (κ1) is 24.3. The summed E-state index contributed by atoms with van der Waals surface area (Å²) in [5.74, 6) is -2.27. The van der Waals surface area contributed by atoms with E-state index in [2.05, 4.69) is 10.1 Å². The van der Waals surface area contributed by atoms with Gasteiger partial charge in [0.05, 0.1) is 5.56 Å². The van der Waals surface area contributed by atoms with E-state index in [1.54, 1.807) is 12.1 Å². The van der Waals surface area contributed by atoms with Gasteiger partial charge in [-0.3, -0.25) is 14.8 Å². The summed E-state index contributed by atoms with van der Waals surface area (Å²) in [5.41, 5.74) is 1.44. The zero-order chi connectivity index (χ0) is 24.7. The summed E-state index contributed by atoms with van der Waals surface area (Å²) in [6.45, 7) is 0. The molecule has 2 amide bonds. The van der Waals surface area contributed by atoms with Crippen LogP contribution in [-0.4, -0.2) is 23.4 Å². The van der Waals surface area contributed by atoms with Crippen LogP contribution in [-0.2, 0) is 4.79 Å². The highest BCUT2D eigenvalue weighted by Crippen LogP contribution is 2.30. The predicted octanol–water partition coefficient (Wildman–Crippen LogP) is 5.29. The van der Waals surface area contributed by atoms with E-state index in [4.69, 9.17) is 9.94 Å². The molecule has 3 rings (SSSR count). The molecular formula is C23H16F4N2O5. The van der Waals surface area contributed by atoms with Gasteiger partial charge in [-0.1, -0.05) is 12.1 Å². The first-order valence-corrected chi connectivity index (χ1v) is 9.50. The second-order valence-electron chi connectivity index (χ2n) is 6.61. The molecule has 0 aromatic heterocycles. The van der Waals surface area contributed by atoms with Crippen molar-refractivity contribution in [3.8, 4) is 17.2 Å². The highest BCUT2D eigenvalue weighted by atomic mass is 19.4. The van der Waals surface area contributed by atoms with Crippen molar-refractivity contribution < 1.29 is 41.8 Å². The molecule has 0 atom stereocenters. The Kier molecular flexibility index (Phi) is 7.49. The number of nitrogens with one attached hydrogen (secondary N) is 2. The third kappa shape index (κ3) is 6.81. The molecule has 3 aromatic rings. The Hall–Kier alpha value is -4.38. The smallest absolute Gasteiger partial charge is 0.457 e. The van der Waals surface area contributed by atoms with Crippen LogP contribution in [0.2, 0.25) is 0 Å². The van der Waals surface area contributed by atoms with Gasteiger partial charge < -0.3 is 14.8 Å². The minimum Gasteiger partial charge on any atom is -0.457 e. The number of alkyl halides is 3. The van der Waals surface area contributed by atoms with Crippen LogP contribution in [0.4, 0.5) is 23.2 Å². The number of hydrogen-bond donors (Lipinski definition) is 3. The molecule has 0 unspecified atom stereocenters. The number of para-hydroxylation sites is 1. The van der Waals surface area contributed by atoms with Crippen molar-refractivity contribution in [3.63, 3.8) is 0 Å². The van der Waals surface area contributed by atoms with E-state index in [-0.39, 0.29) is 28.3 Å². The minimum atomic E-state index is -4.95. The second-order valence-corrected chi connectivity index (χ2v) is 6.61. The fourth-order valence-corrected chi connectivity index (χ4v) is 2.75.